The van der Waals surface area contributed by atoms with Crippen LogP contribution in [0.2, 0.25) is 0 Å². The van der Waals surface area contributed by atoms with Gasteiger partial charge in [0.25, 0.3) is 0 Å². The van der Waals surface area contributed by atoms with E-state index in [1.807, 2.05) is 0 Å². The van der Waals surface area contributed by atoms with Crippen molar-refractivity contribution >= 4 is 16.0 Å². The van der Waals surface area contributed by atoms with Crippen molar-refractivity contribution in [2.45, 2.75) is 50.7 Å². The molecule has 0 aromatic carbocycles. The summed E-state index contributed by atoms with van der Waals surface area (Å²) in [5, 5.41) is 9.19. The molecule has 2 rings (SSSR count). The molecule has 21 heavy (non-hydrogen) atoms. The van der Waals surface area contributed by atoms with Gasteiger partial charge < -0.3 is 14.3 Å². The molecule has 2 atom stereocenters. The molecule has 0 spiro atoms. The molecule has 1 aromatic heterocycles. The van der Waals surface area contributed by atoms with Crippen molar-refractivity contribution < 1.29 is 27.5 Å². The van der Waals surface area contributed by atoms with E-state index in [1.165, 1.54) is 13.8 Å². The number of hydrogen-bond acceptors (Lipinski definition) is 5. The first-order valence-electron chi connectivity index (χ1n) is 6.71. The number of sulfonamides is 1. The number of furan rings is 1. The monoisotopic (exact) mass is 317 g/mol. The van der Waals surface area contributed by atoms with E-state index in [0.717, 1.165) is 12.8 Å². The fourth-order valence-corrected chi connectivity index (χ4v) is 4.29. The fourth-order valence-electron chi connectivity index (χ4n) is 2.61. The third-order valence-electron chi connectivity index (χ3n) is 3.55. The summed E-state index contributed by atoms with van der Waals surface area (Å²) in [6.45, 7) is 5.18. The third kappa shape index (κ3) is 3.12. The molecule has 0 aliphatic carbocycles. The smallest absolute Gasteiger partial charge is 0.340 e. The predicted molar refractivity (Wildman–Crippen MR) is 73.9 cm³/mol. The van der Waals surface area contributed by atoms with Crippen LogP contribution >= 0.6 is 0 Å². The zero-order valence-corrected chi connectivity index (χ0v) is 13.0. The molecule has 7 nitrogen and oxygen atoms in total. The quantitative estimate of drug-likeness (QED) is 0.851. The average molecular weight is 317 g/mol. The summed E-state index contributed by atoms with van der Waals surface area (Å²) in [6.07, 6.45) is 1.47. The summed E-state index contributed by atoms with van der Waals surface area (Å²) in [4.78, 5) is 11.0. The van der Waals surface area contributed by atoms with Crippen LogP contribution in [-0.4, -0.2) is 38.2 Å². The molecule has 8 heteroatoms. The van der Waals surface area contributed by atoms with Crippen LogP contribution in [0.5, 0.6) is 0 Å². The number of nitrogens with one attached hydrogen (secondary N) is 1. The van der Waals surface area contributed by atoms with Crippen LogP contribution in [0.4, 0.5) is 0 Å². The van der Waals surface area contributed by atoms with Crippen molar-refractivity contribution in [3.05, 3.63) is 17.1 Å². The lowest BCUT2D eigenvalue weighted by atomic mass is 10.1. The molecule has 2 unspecified atom stereocenters. The SMILES string of the molecule is Cc1oc(C)c(S(=O)(=O)NC(C)C2CCCO2)c1C(=O)O. The zero-order valence-electron chi connectivity index (χ0n) is 12.2. The Balaban J connectivity index is 2.33. The van der Waals surface area contributed by atoms with Gasteiger partial charge in [0.2, 0.25) is 10.0 Å². The van der Waals surface area contributed by atoms with Crippen molar-refractivity contribution in [1.82, 2.24) is 4.72 Å². The summed E-state index contributed by atoms with van der Waals surface area (Å²) in [5.41, 5.74) is -0.320. The Morgan fingerprint density at radius 3 is 2.57 bits per heavy atom. The minimum absolute atomic E-state index is 0.0666. The van der Waals surface area contributed by atoms with Crippen molar-refractivity contribution in [2.75, 3.05) is 6.61 Å². The van der Waals surface area contributed by atoms with Crippen molar-refractivity contribution in [3.63, 3.8) is 0 Å². The topological polar surface area (TPSA) is 106 Å². The second-order valence-electron chi connectivity index (χ2n) is 5.19. The van der Waals surface area contributed by atoms with Gasteiger partial charge in [-0.2, -0.15) is 0 Å². The molecule has 2 N–H and O–H groups in total. The minimum atomic E-state index is -3.99. The van der Waals surface area contributed by atoms with E-state index in [9.17, 15) is 18.3 Å². The molecule has 0 radical (unpaired) electrons. The Morgan fingerprint density at radius 1 is 1.38 bits per heavy atom. The van der Waals surface area contributed by atoms with E-state index >= 15 is 0 Å². The predicted octanol–water partition coefficient (Wildman–Crippen LogP) is 1.44. The second kappa shape index (κ2) is 5.78. The lowest BCUT2D eigenvalue weighted by molar-refractivity contribution is 0.0691. The number of aryl methyl sites for hydroxylation is 2. The Labute approximate surface area is 123 Å². The highest BCUT2D eigenvalue weighted by molar-refractivity contribution is 7.89. The zero-order chi connectivity index (χ0) is 15.8. The van der Waals surface area contributed by atoms with E-state index in [1.54, 1.807) is 6.92 Å². The highest BCUT2D eigenvalue weighted by Gasteiger charge is 2.34. The van der Waals surface area contributed by atoms with Crippen LogP contribution in [-0.2, 0) is 14.8 Å². The Morgan fingerprint density at radius 2 is 2.05 bits per heavy atom. The molecule has 118 valence electrons. The van der Waals surface area contributed by atoms with E-state index in [-0.39, 0.29) is 28.1 Å². The molecule has 1 aliphatic rings. The van der Waals surface area contributed by atoms with E-state index in [4.69, 9.17) is 9.15 Å². The van der Waals surface area contributed by atoms with Gasteiger partial charge in [0, 0.05) is 12.6 Å². The summed E-state index contributed by atoms with van der Waals surface area (Å²) in [7, 11) is -3.99. The lowest BCUT2D eigenvalue weighted by Crippen LogP contribution is -2.41. The van der Waals surface area contributed by atoms with Gasteiger partial charge in [-0.25, -0.2) is 17.9 Å². The summed E-state index contributed by atoms with van der Waals surface area (Å²) < 4.78 is 38.0. The van der Waals surface area contributed by atoms with E-state index in [0.29, 0.717) is 6.61 Å². The number of aromatic carboxylic acids is 1. The van der Waals surface area contributed by atoms with Gasteiger partial charge in [-0.15, -0.1) is 0 Å². The van der Waals surface area contributed by atoms with Gasteiger partial charge in [-0.1, -0.05) is 0 Å². The molecule has 1 aliphatic heterocycles. The maximum absolute atomic E-state index is 12.5. The normalized spacial score (nSPS) is 20.6. The third-order valence-corrected chi connectivity index (χ3v) is 5.26. The molecule has 2 heterocycles. The molecule has 0 saturated carbocycles. The van der Waals surface area contributed by atoms with Gasteiger partial charge >= 0.3 is 5.97 Å². The summed E-state index contributed by atoms with van der Waals surface area (Å²) >= 11 is 0. The van der Waals surface area contributed by atoms with Crippen LogP contribution in [0.1, 0.15) is 41.6 Å². The average Bonchev–Trinajstić information content (AvgIpc) is 2.95. The van der Waals surface area contributed by atoms with Crippen LogP contribution in [0.25, 0.3) is 0 Å². The minimum Gasteiger partial charge on any atom is -0.478 e. The maximum Gasteiger partial charge on any atom is 0.340 e. The molecule has 0 bridgehead atoms. The molecular weight excluding hydrogens is 298 g/mol. The Hall–Kier alpha value is -1.38. The number of carbonyl (C=O) groups is 1. The van der Waals surface area contributed by atoms with Crippen LogP contribution < -0.4 is 4.72 Å². The standard InChI is InChI=1S/C13H19NO6S/c1-7(10-5-4-6-19-10)14-21(17,18)12-9(3)20-8(2)11(12)13(15)16/h7,10,14H,4-6H2,1-3H3,(H,15,16). The first kappa shape index (κ1) is 16.0. The number of carboxylic acids is 1. The van der Waals surface area contributed by atoms with Crippen molar-refractivity contribution in [3.8, 4) is 0 Å². The van der Waals surface area contributed by atoms with Crippen LogP contribution in [0, 0.1) is 13.8 Å². The van der Waals surface area contributed by atoms with Crippen molar-refractivity contribution in [1.29, 1.82) is 0 Å². The first-order valence-corrected chi connectivity index (χ1v) is 8.19. The van der Waals surface area contributed by atoms with Gasteiger partial charge in [0.15, 0.2) is 0 Å². The van der Waals surface area contributed by atoms with Crippen molar-refractivity contribution in [2.24, 2.45) is 0 Å². The largest absolute Gasteiger partial charge is 0.478 e. The molecule has 1 aromatic rings. The number of ether oxygens (including phenoxy) is 1. The lowest BCUT2D eigenvalue weighted by Gasteiger charge is -2.19. The van der Waals surface area contributed by atoms with E-state index < -0.39 is 22.0 Å². The molecule has 1 saturated heterocycles. The van der Waals surface area contributed by atoms with Gasteiger partial charge in [-0.05, 0) is 33.6 Å². The number of carboxylic acid groups (broad SMARTS) is 1. The summed E-state index contributed by atoms with van der Waals surface area (Å²) in [6, 6.07) is -0.436. The van der Waals surface area contributed by atoms with Crippen LogP contribution in [0.15, 0.2) is 9.31 Å². The number of hydrogen-bond donors (Lipinski definition) is 2. The molecule has 1 fully saturated rings. The first-order chi connectivity index (χ1) is 9.74. The molecule has 0 amide bonds. The van der Waals surface area contributed by atoms with Gasteiger partial charge in [0.1, 0.15) is 22.0 Å². The van der Waals surface area contributed by atoms with Gasteiger partial charge in [0.05, 0.1) is 6.10 Å². The maximum atomic E-state index is 12.5. The Bertz CT molecular complexity index is 642. The van der Waals surface area contributed by atoms with Gasteiger partial charge in [-0.3, -0.25) is 0 Å². The fraction of sp³-hybridized carbons (Fsp3) is 0.615. The second-order valence-corrected chi connectivity index (χ2v) is 6.84. The number of rotatable bonds is 5. The molecular formula is C13H19NO6S. The summed E-state index contributed by atoms with van der Waals surface area (Å²) in [5.74, 6) is -1.18. The highest BCUT2D eigenvalue weighted by Crippen LogP contribution is 2.27. The van der Waals surface area contributed by atoms with Crippen LogP contribution in [0.3, 0.4) is 0 Å². The van der Waals surface area contributed by atoms with E-state index in [2.05, 4.69) is 4.72 Å². The Kier molecular flexibility index (Phi) is 4.40. The highest BCUT2D eigenvalue weighted by atomic mass is 32.2.